The number of rotatable bonds is 6. The van der Waals surface area contributed by atoms with Crippen molar-refractivity contribution in [3.8, 4) is 0 Å². The molecule has 0 fully saturated rings. The van der Waals surface area contributed by atoms with Gasteiger partial charge in [0.15, 0.2) is 0 Å². The van der Waals surface area contributed by atoms with Gasteiger partial charge in [0.25, 0.3) is 0 Å². The lowest BCUT2D eigenvalue weighted by molar-refractivity contribution is 0.220. The van der Waals surface area contributed by atoms with Gasteiger partial charge in [-0.3, -0.25) is 0 Å². The van der Waals surface area contributed by atoms with Crippen LogP contribution in [0.25, 0.3) is 5.57 Å². The summed E-state index contributed by atoms with van der Waals surface area (Å²) in [6, 6.07) is 15.3. The first-order chi connectivity index (χ1) is 14.2. The molecule has 4 heteroatoms. The van der Waals surface area contributed by atoms with Gasteiger partial charge in [0, 0.05) is 28.1 Å². The molecule has 1 unspecified atom stereocenters. The minimum Gasteiger partial charge on any atom is -0.392 e. The third-order valence-corrected chi connectivity index (χ3v) is 6.78. The van der Waals surface area contributed by atoms with Gasteiger partial charge >= 0.3 is 0 Å². The number of nitrogens with zero attached hydrogens (tertiary/aromatic N) is 1. The number of halogens is 1. The zero-order valence-electron chi connectivity index (χ0n) is 18.7. The minimum atomic E-state index is -0.251. The second-order valence-corrected chi connectivity index (χ2v) is 9.73. The van der Waals surface area contributed by atoms with E-state index in [2.05, 4.69) is 70.8 Å². The second kappa shape index (κ2) is 9.40. The molecule has 0 amide bonds. The number of hydrogen-bond acceptors (Lipinski definition) is 3. The van der Waals surface area contributed by atoms with Gasteiger partial charge in [-0.1, -0.05) is 69.3 Å². The van der Waals surface area contributed by atoms with E-state index in [4.69, 9.17) is 0 Å². The SMILES string of the molecule is Cc1ccc(SC2=C(C(C)C)N(C)C(C(C)C)C(CO)=C2c2ccc(F)cc2)cc1. The number of aliphatic hydroxyl groups excluding tert-OH is 1. The minimum absolute atomic E-state index is 0.0246. The smallest absolute Gasteiger partial charge is 0.123 e. The summed E-state index contributed by atoms with van der Waals surface area (Å²) in [6.45, 7) is 10.9. The number of hydrogen-bond donors (Lipinski definition) is 1. The first-order valence-electron chi connectivity index (χ1n) is 10.6. The monoisotopic (exact) mass is 425 g/mol. The lowest BCUT2D eigenvalue weighted by atomic mass is 9.83. The highest BCUT2D eigenvalue weighted by Crippen LogP contribution is 2.48. The van der Waals surface area contributed by atoms with E-state index in [1.807, 2.05) is 12.1 Å². The molecule has 30 heavy (non-hydrogen) atoms. The number of thioether (sulfide) groups is 1. The lowest BCUT2D eigenvalue weighted by Crippen LogP contribution is -2.42. The van der Waals surface area contributed by atoms with Crippen molar-refractivity contribution >= 4 is 17.3 Å². The van der Waals surface area contributed by atoms with Gasteiger partial charge in [0.1, 0.15) is 5.82 Å². The maximum atomic E-state index is 13.7. The van der Waals surface area contributed by atoms with Gasteiger partial charge < -0.3 is 10.0 Å². The van der Waals surface area contributed by atoms with E-state index in [1.54, 1.807) is 11.8 Å². The molecule has 1 heterocycles. The average Bonchev–Trinajstić information content (AvgIpc) is 2.69. The Balaban J connectivity index is 2.27. The van der Waals surface area contributed by atoms with Gasteiger partial charge in [0.05, 0.1) is 12.6 Å². The molecule has 160 valence electrons. The quantitative estimate of drug-likeness (QED) is 0.571. The van der Waals surface area contributed by atoms with Crippen molar-refractivity contribution in [2.45, 2.75) is 45.6 Å². The molecule has 0 saturated heterocycles. The first-order valence-corrected chi connectivity index (χ1v) is 11.4. The zero-order valence-corrected chi connectivity index (χ0v) is 19.6. The van der Waals surface area contributed by atoms with Crippen molar-refractivity contribution in [2.24, 2.45) is 11.8 Å². The van der Waals surface area contributed by atoms with Crippen LogP contribution in [-0.2, 0) is 0 Å². The second-order valence-electron chi connectivity index (χ2n) is 8.65. The van der Waals surface area contributed by atoms with Crippen LogP contribution in [0.3, 0.4) is 0 Å². The highest BCUT2D eigenvalue weighted by molar-refractivity contribution is 8.03. The first kappa shape index (κ1) is 22.6. The number of aliphatic hydroxyl groups is 1. The molecular weight excluding hydrogens is 393 g/mol. The predicted molar refractivity (Wildman–Crippen MR) is 126 cm³/mol. The summed E-state index contributed by atoms with van der Waals surface area (Å²) in [5, 5.41) is 10.5. The maximum Gasteiger partial charge on any atom is 0.123 e. The summed E-state index contributed by atoms with van der Waals surface area (Å²) in [4.78, 5) is 4.63. The molecule has 0 aliphatic carbocycles. The Hall–Kier alpha value is -2.04. The molecule has 1 aliphatic heterocycles. The molecule has 0 radical (unpaired) electrons. The molecule has 0 saturated carbocycles. The number of allylic oxidation sites excluding steroid dienone is 2. The van der Waals surface area contributed by atoms with Crippen LogP contribution in [0.5, 0.6) is 0 Å². The van der Waals surface area contributed by atoms with Gasteiger partial charge in [-0.2, -0.15) is 0 Å². The Bertz CT molecular complexity index is 942. The van der Waals surface area contributed by atoms with E-state index >= 15 is 0 Å². The van der Waals surface area contributed by atoms with E-state index in [-0.39, 0.29) is 18.5 Å². The average molecular weight is 426 g/mol. The predicted octanol–water partition coefficient (Wildman–Crippen LogP) is 6.51. The fourth-order valence-electron chi connectivity index (χ4n) is 4.42. The van der Waals surface area contributed by atoms with Crippen molar-refractivity contribution in [3.63, 3.8) is 0 Å². The van der Waals surface area contributed by atoms with E-state index in [0.717, 1.165) is 26.5 Å². The Morgan fingerprint density at radius 3 is 2.10 bits per heavy atom. The Labute approximate surface area is 184 Å². The molecule has 0 spiro atoms. The topological polar surface area (TPSA) is 23.5 Å². The lowest BCUT2D eigenvalue weighted by Gasteiger charge is -2.44. The fraction of sp³-hybridized carbons (Fsp3) is 0.385. The number of benzene rings is 2. The van der Waals surface area contributed by atoms with Crippen molar-refractivity contribution < 1.29 is 9.50 Å². The number of aryl methyl sites for hydroxylation is 1. The Kier molecular flexibility index (Phi) is 7.10. The van der Waals surface area contributed by atoms with E-state index in [0.29, 0.717) is 11.8 Å². The molecule has 1 aliphatic rings. The normalized spacial score (nSPS) is 17.5. The highest BCUT2D eigenvalue weighted by atomic mass is 32.2. The van der Waals surface area contributed by atoms with Crippen LogP contribution in [0, 0.1) is 24.6 Å². The van der Waals surface area contributed by atoms with Crippen molar-refractivity contribution in [1.82, 2.24) is 4.90 Å². The third kappa shape index (κ3) is 4.50. The Morgan fingerprint density at radius 2 is 1.60 bits per heavy atom. The van der Waals surface area contributed by atoms with Crippen LogP contribution in [0.4, 0.5) is 4.39 Å². The summed E-state index contributed by atoms with van der Waals surface area (Å²) >= 11 is 1.73. The van der Waals surface area contributed by atoms with Crippen LogP contribution in [0.1, 0.15) is 38.8 Å². The third-order valence-electron chi connectivity index (χ3n) is 5.66. The molecule has 0 bridgehead atoms. The summed E-state index contributed by atoms with van der Waals surface area (Å²) in [5.74, 6) is 0.381. The zero-order chi connectivity index (χ0) is 22.0. The summed E-state index contributed by atoms with van der Waals surface area (Å²) in [6.07, 6.45) is 0. The van der Waals surface area contributed by atoms with E-state index < -0.39 is 0 Å². The van der Waals surface area contributed by atoms with Crippen molar-refractivity contribution in [3.05, 3.63) is 81.7 Å². The molecular formula is C26H32FNOS. The summed E-state index contributed by atoms with van der Waals surface area (Å²) in [7, 11) is 2.13. The molecule has 1 N–H and O–H groups in total. The standard InChI is InChI=1S/C26H32FNOS/c1-16(2)24-22(15-29)23(19-9-11-20(27)12-10-19)26(25(17(3)4)28(24)6)30-21-13-7-18(5)8-14-21/h7-14,16-17,24,29H,15H2,1-6H3. The Morgan fingerprint density at radius 1 is 1.00 bits per heavy atom. The largest absolute Gasteiger partial charge is 0.392 e. The molecule has 2 aromatic rings. The fourth-order valence-corrected chi connectivity index (χ4v) is 5.76. The van der Waals surface area contributed by atoms with Crippen molar-refractivity contribution in [2.75, 3.05) is 13.7 Å². The van der Waals surface area contributed by atoms with Gasteiger partial charge in [-0.05, 0) is 54.2 Å². The molecule has 3 rings (SSSR count). The van der Waals surface area contributed by atoms with Gasteiger partial charge in [-0.15, -0.1) is 0 Å². The molecule has 0 aromatic heterocycles. The molecule has 2 aromatic carbocycles. The highest BCUT2D eigenvalue weighted by Gasteiger charge is 2.36. The maximum absolute atomic E-state index is 13.7. The van der Waals surface area contributed by atoms with Gasteiger partial charge in [0.2, 0.25) is 0 Å². The summed E-state index contributed by atoms with van der Waals surface area (Å²) in [5.41, 5.74) is 5.48. The molecule has 1 atom stereocenters. The van der Waals surface area contributed by atoms with E-state index in [9.17, 15) is 9.50 Å². The van der Waals surface area contributed by atoms with Gasteiger partial charge in [-0.25, -0.2) is 4.39 Å². The number of likely N-dealkylation sites (N-methyl/N-ethyl adjacent to an activating group) is 1. The van der Waals surface area contributed by atoms with Crippen LogP contribution in [0.15, 0.2) is 69.6 Å². The van der Waals surface area contributed by atoms with Crippen LogP contribution >= 0.6 is 11.8 Å². The van der Waals surface area contributed by atoms with Crippen LogP contribution < -0.4 is 0 Å². The van der Waals surface area contributed by atoms with Crippen molar-refractivity contribution in [1.29, 1.82) is 0 Å². The van der Waals surface area contributed by atoms with Crippen LogP contribution in [0.2, 0.25) is 0 Å². The molecule has 2 nitrogen and oxygen atoms in total. The summed E-state index contributed by atoms with van der Waals surface area (Å²) < 4.78 is 13.7. The van der Waals surface area contributed by atoms with E-state index in [1.165, 1.54) is 23.4 Å². The van der Waals surface area contributed by atoms with Crippen LogP contribution in [-0.4, -0.2) is 29.7 Å².